The molecular weight excluding hydrogens is 274 g/mol. The predicted octanol–water partition coefficient (Wildman–Crippen LogP) is 2.90. The van der Waals surface area contributed by atoms with Crippen LogP contribution in [0.1, 0.15) is 44.0 Å². The fourth-order valence-corrected chi connectivity index (χ4v) is 3.43. The molecule has 0 radical (unpaired) electrons. The average Bonchev–Trinajstić information content (AvgIpc) is 2.90. The standard InChI is InChI=1S/C15H23NO3S/c1-15(2)10-11(6-7-19-15)16-12(9-14(17)18-3)13-5-4-8-20-13/h4-5,8,11-12,16H,6-7,9-10H2,1-3H3. The van der Waals surface area contributed by atoms with Crippen LogP contribution in [0.3, 0.4) is 0 Å². The maximum Gasteiger partial charge on any atom is 0.307 e. The minimum Gasteiger partial charge on any atom is -0.469 e. The summed E-state index contributed by atoms with van der Waals surface area (Å²) in [5, 5.41) is 5.65. The Morgan fingerprint density at radius 1 is 1.65 bits per heavy atom. The molecule has 1 aliphatic rings. The summed E-state index contributed by atoms with van der Waals surface area (Å²) in [6, 6.07) is 4.48. The van der Waals surface area contributed by atoms with Crippen molar-refractivity contribution in [2.75, 3.05) is 13.7 Å². The van der Waals surface area contributed by atoms with Gasteiger partial charge in [0.05, 0.1) is 25.2 Å². The molecule has 0 aliphatic carbocycles. The molecule has 1 saturated heterocycles. The third kappa shape index (κ3) is 4.30. The molecule has 5 heteroatoms. The molecule has 1 fully saturated rings. The SMILES string of the molecule is COC(=O)CC(NC1CCOC(C)(C)C1)c1cccs1. The van der Waals surface area contributed by atoms with Crippen LogP contribution in [0.4, 0.5) is 0 Å². The first-order chi connectivity index (χ1) is 9.50. The van der Waals surface area contributed by atoms with Crippen molar-refractivity contribution < 1.29 is 14.3 Å². The number of nitrogens with one attached hydrogen (secondary N) is 1. The zero-order valence-electron chi connectivity index (χ0n) is 12.3. The Bertz CT molecular complexity index is 430. The number of esters is 1. The molecule has 2 unspecified atom stereocenters. The van der Waals surface area contributed by atoms with E-state index in [0.29, 0.717) is 12.5 Å². The van der Waals surface area contributed by atoms with E-state index in [0.717, 1.165) is 19.4 Å². The van der Waals surface area contributed by atoms with Gasteiger partial charge in [-0.05, 0) is 38.1 Å². The van der Waals surface area contributed by atoms with E-state index in [1.165, 1.54) is 12.0 Å². The minimum absolute atomic E-state index is 0.0290. The predicted molar refractivity (Wildman–Crippen MR) is 79.9 cm³/mol. The van der Waals surface area contributed by atoms with Gasteiger partial charge in [0.25, 0.3) is 0 Å². The third-order valence-electron chi connectivity index (χ3n) is 3.62. The molecule has 0 amide bonds. The summed E-state index contributed by atoms with van der Waals surface area (Å²) >= 11 is 1.67. The molecule has 2 atom stereocenters. The van der Waals surface area contributed by atoms with Gasteiger partial charge in [-0.1, -0.05) is 6.07 Å². The smallest absolute Gasteiger partial charge is 0.307 e. The molecule has 2 heterocycles. The van der Waals surface area contributed by atoms with Gasteiger partial charge < -0.3 is 14.8 Å². The number of hydrogen-bond acceptors (Lipinski definition) is 5. The van der Waals surface area contributed by atoms with Crippen LogP contribution >= 0.6 is 11.3 Å². The Kier molecular flexibility index (Phi) is 5.18. The van der Waals surface area contributed by atoms with Crippen molar-refractivity contribution in [3.63, 3.8) is 0 Å². The maximum absolute atomic E-state index is 11.6. The lowest BCUT2D eigenvalue weighted by atomic mass is 9.93. The Balaban J connectivity index is 2.02. The fourth-order valence-electron chi connectivity index (χ4n) is 2.64. The van der Waals surface area contributed by atoms with Crippen molar-refractivity contribution in [3.8, 4) is 0 Å². The van der Waals surface area contributed by atoms with Crippen molar-refractivity contribution in [1.82, 2.24) is 5.32 Å². The lowest BCUT2D eigenvalue weighted by molar-refractivity contribution is -0.141. The molecule has 1 aromatic heterocycles. The Hall–Kier alpha value is -0.910. The molecule has 20 heavy (non-hydrogen) atoms. The molecule has 1 aromatic rings. The summed E-state index contributed by atoms with van der Waals surface area (Å²) in [6.07, 6.45) is 2.30. The molecular formula is C15H23NO3S. The van der Waals surface area contributed by atoms with E-state index >= 15 is 0 Å². The van der Waals surface area contributed by atoms with Gasteiger partial charge >= 0.3 is 5.97 Å². The monoisotopic (exact) mass is 297 g/mol. The zero-order chi connectivity index (χ0) is 14.6. The number of carbonyl (C=O) groups excluding carboxylic acids is 1. The largest absolute Gasteiger partial charge is 0.469 e. The van der Waals surface area contributed by atoms with E-state index in [4.69, 9.17) is 9.47 Å². The highest BCUT2D eigenvalue weighted by atomic mass is 32.1. The van der Waals surface area contributed by atoms with Crippen molar-refractivity contribution in [2.24, 2.45) is 0 Å². The summed E-state index contributed by atoms with van der Waals surface area (Å²) < 4.78 is 10.6. The highest BCUT2D eigenvalue weighted by Crippen LogP contribution is 2.28. The van der Waals surface area contributed by atoms with E-state index in [1.807, 2.05) is 11.4 Å². The number of rotatable bonds is 5. The summed E-state index contributed by atoms with van der Waals surface area (Å²) in [4.78, 5) is 12.8. The van der Waals surface area contributed by atoms with E-state index in [1.54, 1.807) is 11.3 Å². The molecule has 0 spiro atoms. The van der Waals surface area contributed by atoms with Crippen molar-refractivity contribution >= 4 is 17.3 Å². The van der Waals surface area contributed by atoms with E-state index in [9.17, 15) is 4.79 Å². The molecule has 112 valence electrons. The van der Waals surface area contributed by atoms with E-state index in [2.05, 4.69) is 25.2 Å². The van der Waals surface area contributed by atoms with Crippen molar-refractivity contribution in [3.05, 3.63) is 22.4 Å². The molecule has 4 nitrogen and oxygen atoms in total. The second kappa shape index (κ2) is 6.70. The highest BCUT2D eigenvalue weighted by Gasteiger charge is 2.31. The van der Waals surface area contributed by atoms with Gasteiger partial charge in [0.15, 0.2) is 0 Å². The van der Waals surface area contributed by atoms with Gasteiger partial charge in [-0.2, -0.15) is 0 Å². The Labute approximate surface area is 124 Å². The molecule has 1 aliphatic heterocycles. The minimum atomic E-state index is -0.179. The summed E-state index contributed by atoms with van der Waals surface area (Å²) in [7, 11) is 1.44. The number of hydrogen-bond donors (Lipinski definition) is 1. The first-order valence-corrected chi connectivity index (χ1v) is 7.88. The number of carbonyl (C=O) groups is 1. The second-order valence-corrected chi connectivity index (χ2v) is 6.79. The molecule has 0 saturated carbocycles. The van der Waals surface area contributed by atoms with E-state index < -0.39 is 0 Å². The quantitative estimate of drug-likeness (QED) is 0.849. The number of ether oxygens (including phenoxy) is 2. The van der Waals surface area contributed by atoms with Gasteiger partial charge in [-0.3, -0.25) is 4.79 Å². The van der Waals surface area contributed by atoms with E-state index in [-0.39, 0.29) is 17.6 Å². The van der Waals surface area contributed by atoms with Gasteiger partial charge in [-0.15, -0.1) is 11.3 Å². The van der Waals surface area contributed by atoms with Gasteiger partial charge in [0.2, 0.25) is 0 Å². The van der Waals surface area contributed by atoms with Crippen LogP contribution in [-0.4, -0.2) is 31.3 Å². The molecule has 0 bridgehead atoms. The van der Waals surface area contributed by atoms with Crippen LogP contribution in [0.5, 0.6) is 0 Å². The first-order valence-electron chi connectivity index (χ1n) is 7.00. The lowest BCUT2D eigenvalue weighted by Crippen LogP contribution is -2.45. The van der Waals surface area contributed by atoms with Crippen LogP contribution in [-0.2, 0) is 14.3 Å². The van der Waals surface area contributed by atoms with Crippen LogP contribution in [0.2, 0.25) is 0 Å². The molecule has 1 N–H and O–H groups in total. The summed E-state index contributed by atoms with van der Waals surface area (Å²) in [5.74, 6) is -0.179. The maximum atomic E-state index is 11.6. The Morgan fingerprint density at radius 3 is 3.05 bits per heavy atom. The summed E-state index contributed by atoms with van der Waals surface area (Å²) in [6.45, 7) is 4.99. The average molecular weight is 297 g/mol. The van der Waals surface area contributed by atoms with Crippen LogP contribution < -0.4 is 5.32 Å². The lowest BCUT2D eigenvalue weighted by Gasteiger charge is -2.37. The van der Waals surface area contributed by atoms with Crippen LogP contribution in [0, 0.1) is 0 Å². The molecule has 2 rings (SSSR count). The van der Waals surface area contributed by atoms with Gasteiger partial charge in [-0.25, -0.2) is 0 Å². The van der Waals surface area contributed by atoms with Gasteiger partial charge in [0, 0.05) is 17.5 Å². The third-order valence-corrected chi connectivity index (χ3v) is 4.61. The first kappa shape index (κ1) is 15.5. The highest BCUT2D eigenvalue weighted by molar-refractivity contribution is 7.10. The summed E-state index contributed by atoms with van der Waals surface area (Å²) in [5.41, 5.74) is -0.0960. The van der Waals surface area contributed by atoms with Crippen LogP contribution in [0.15, 0.2) is 17.5 Å². The molecule has 0 aromatic carbocycles. The Morgan fingerprint density at radius 2 is 2.45 bits per heavy atom. The number of methoxy groups -OCH3 is 1. The zero-order valence-corrected chi connectivity index (χ0v) is 13.2. The second-order valence-electron chi connectivity index (χ2n) is 5.81. The van der Waals surface area contributed by atoms with Crippen LogP contribution in [0.25, 0.3) is 0 Å². The topological polar surface area (TPSA) is 47.6 Å². The fraction of sp³-hybridized carbons (Fsp3) is 0.667. The van der Waals surface area contributed by atoms with Crippen molar-refractivity contribution in [2.45, 2.75) is 50.8 Å². The van der Waals surface area contributed by atoms with Crippen molar-refractivity contribution in [1.29, 1.82) is 0 Å². The normalized spacial score (nSPS) is 23.2. The number of thiophene rings is 1. The van der Waals surface area contributed by atoms with Gasteiger partial charge in [0.1, 0.15) is 0 Å².